The van der Waals surface area contributed by atoms with Gasteiger partial charge in [-0.3, -0.25) is 10.2 Å². The van der Waals surface area contributed by atoms with Gasteiger partial charge in [-0.05, 0) is 6.92 Å². The first-order valence-corrected chi connectivity index (χ1v) is 5.08. The number of nitrogens with one attached hydrogen (secondary N) is 1. The third-order valence-corrected chi connectivity index (χ3v) is 2.51. The van der Waals surface area contributed by atoms with Crippen LogP contribution in [-0.4, -0.2) is 30.0 Å². The third-order valence-electron chi connectivity index (χ3n) is 1.47. The molecule has 0 aromatic carbocycles. The van der Waals surface area contributed by atoms with E-state index < -0.39 is 0 Å². The summed E-state index contributed by atoms with van der Waals surface area (Å²) in [5.41, 5.74) is 8.66. The Kier molecular flexibility index (Phi) is 3.56. The number of amides is 1. The van der Waals surface area contributed by atoms with Crippen LogP contribution in [0.3, 0.4) is 0 Å². The standard InChI is InChI=1S/C8H14N4OS/c1-5(9)8-10-6(4-14-8)7(13)11-12(2)3/h4-5H,9H2,1-3H3,(H,11,13). The summed E-state index contributed by atoms with van der Waals surface area (Å²) in [6.45, 7) is 1.84. The molecule has 1 unspecified atom stereocenters. The Morgan fingerprint density at radius 1 is 1.71 bits per heavy atom. The van der Waals surface area contributed by atoms with E-state index in [9.17, 15) is 4.79 Å². The van der Waals surface area contributed by atoms with E-state index in [-0.39, 0.29) is 11.9 Å². The Morgan fingerprint density at radius 3 is 2.79 bits per heavy atom. The zero-order chi connectivity index (χ0) is 10.7. The summed E-state index contributed by atoms with van der Waals surface area (Å²) in [4.78, 5) is 15.6. The van der Waals surface area contributed by atoms with Gasteiger partial charge in [0.15, 0.2) is 0 Å². The van der Waals surface area contributed by atoms with Crippen LogP contribution in [0.15, 0.2) is 5.38 Å². The quantitative estimate of drug-likeness (QED) is 0.713. The average molecular weight is 214 g/mol. The molecule has 5 nitrogen and oxygen atoms in total. The van der Waals surface area contributed by atoms with Crippen molar-refractivity contribution < 1.29 is 4.79 Å². The Labute approximate surface area is 86.9 Å². The van der Waals surface area contributed by atoms with Crippen molar-refractivity contribution in [1.82, 2.24) is 15.4 Å². The minimum atomic E-state index is -0.210. The zero-order valence-electron chi connectivity index (χ0n) is 8.44. The molecule has 0 radical (unpaired) electrons. The van der Waals surface area contributed by atoms with Gasteiger partial charge in [-0.15, -0.1) is 11.3 Å². The molecule has 0 bridgehead atoms. The van der Waals surface area contributed by atoms with E-state index in [4.69, 9.17) is 5.73 Å². The lowest BCUT2D eigenvalue weighted by molar-refractivity contribution is 0.0852. The number of thiazole rings is 1. The van der Waals surface area contributed by atoms with E-state index in [0.717, 1.165) is 5.01 Å². The monoisotopic (exact) mass is 214 g/mol. The maximum atomic E-state index is 11.4. The van der Waals surface area contributed by atoms with Gasteiger partial charge >= 0.3 is 0 Å². The lowest BCUT2D eigenvalue weighted by atomic mass is 10.4. The number of carbonyl (C=O) groups is 1. The molecule has 14 heavy (non-hydrogen) atoms. The molecule has 0 fully saturated rings. The second-order valence-corrected chi connectivity index (χ2v) is 4.08. The highest BCUT2D eigenvalue weighted by molar-refractivity contribution is 7.09. The first-order chi connectivity index (χ1) is 6.50. The van der Waals surface area contributed by atoms with Crippen molar-refractivity contribution in [2.24, 2.45) is 5.73 Å². The molecule has 0 aliphatic rings. The largest absolute Gasteiger partial charge is 0.322 e. The van der Waals surface area contributed by atoms with Gasteiger partial charge in [0, 0.05) is 19.5 Å². The molecule has 6 heteroatoms. The van der Waals surface area contributed by atoms with E-state index >= 15 is 0 Å². The molecule has 1 rings (SSSR count). The number of rotatable bonds is 3. The summed E-state index contributed by atoms with van der Waals surface area (Å²) < 4.78 is 0. The van der Waals surface area contributed by atoms with Crippen LogP contribution in [0.4, 0.5) is 0 Å². The highest BCUT2D eigenvalue weighted by Crippen LogP contribution is 2.15. The van der Waals surface area contributed by atoms with Gasteiger partial charge < -0.3 is 5.73 Å². The number of nitrogens with zero attached hydrogens (tertiary/aromatic N) is 2. The van der Waals surface area contributed by atoms with Crippen LogP contribution < -0.4 is 11.2 Å². The second-order valence-electron chi connectivity index (χ2n) is 3.20. The lowest BCUT2D eigenvalue weighted by Gasteiger charge is -2.09. The number of hydrogen-bond donors (Lipinski definition) is 2. The molecule has 0 saturated heterocycles. The lowest BCUT2D eigenvalue weighted by Crippen LogP contribution is -2.36. The Morgan fingerprint density at radius 2 is 2.36 bits per heavy atom. The Bertz CT molecular complexity index is 321. The molecule has 1 aromatic rings. The molecule has 1 atom stereocenters. The smallest absolute Gasteiger partial charge is 0.285 e. The highest BCUT2D eigenvalue weighted by Gasteiger charge is 2.12. The first kappa shape index (κ1) is 11.1. The van der Waals surface area contributed by atoms with E-state index in [1.54, 1.807) is 24.5 Å². The van der Waals surface area contributed by atoms with Crippen molar-refractivity contribution >= 4 is 17.2 Å². The van der Waals surface area contributed by atoms with Crippen molar-refractivity contribution in [1.29, 1.82) is 0 Å². The van der Waals surface area contributed by atoms with Gasteiger partial charge in [0.05, 0.1) is 6.04 Å². The highest BCUT2D eigenvalue weighted by atomic mass is 32.1. The fourth-order valence-corrected chi connectivity index (χ4v) is 1.62. The van der Waals surface area contributed by atoms with Crippen LogP contribution in [0.2, 0.25) is 0 Å². The minimum Gasteiger partial charge on any atom is -0.322 e. The van der Waals surface area contributed by atoms with Gasteiger partial charge in [-0.1, -0.05) is 0 Å². The van der Waals surface area contributed by atoms with E-state index in [1.165, 1.54) is 11.3 Å². The molecule has 0 aliphatic heterocycles. The van der Waals surface area contributed by atoms with Crippen molar-refractivity contribution in [3.8, 4) is 0 Å². The first-order valence-electron chi connectivity index (χ1n) is 4.20. The fourth-order valence-electron chi connectivity index (χ4n) is 0.861. The molecule has 1 aromatic heterocycles. The fraction of sp³-hybridized carbons (Fsp3) is 0.500. The van der Waals surface area contributed by atoms with Crippen LogP contribution in [-0.2, 0) is 0 Å². The van der Waals surface area contributed by atoms with Crippen molar-refractivity contribution in [3.63, 3.8) is 0 Å². The van der Waals surface area contributed by atoms with Gasteiger partial charge in [0.2, 0.25) is 0 Å². The molecule has 1 amide bonds. The van der Waals surface area contributed by atoms with Crippen molar-refractivity contribution in [3.05, 3.63) is 16.1 Å². The van der Waals surface area contributed by atoms with E-state index in [1.807, 2.05) is 6.92 Å². The van der Waals surface area contributed by atoms with Gasteiger partial charge in [0.1, 0.15) is 10.7 Å². The summed E-state index contributed by atoms with van der Waals surface area (Å²) in [5.74, 6) is -0.210. The number of nitrogens with two attached hydrogens (primary N) is 1. The summed E-state index contributed by atoms with van der Waals surface area (Å²) >= 11 is 1.40. The summed E-state index contributed by atoms with van der Waals surface area (Å²) in [5, 5.41) is 4.05. The number of carbonyl (C=O) groups excluding carboxylic acids is 1. The SMILES string of the molecule is CC(N)c1nc(C(=O)NN(C)C)cs1. The Balaban J connectivity index is 2.71. The van der Waals surface area contributed by atoms with E-state index in [2.05, 4.69) is 10.4 Å². The molecular weight excluding hydrogens is 200 g/mol. The maximum Gasteiger partial charge on any atom is 0.285 e. The maximum absolute atomic E-state index is 11.4. The molecule has 0 aliphatic carbocycles. The molecule has 0 spiro atoms. The molecule has 1 heterocycles. The molecule has 3 N–H and O–H groups in total. The number of aromatic nitrogens is 1. The topological polar surface area (TPSA) is 71.2 Å². The molecule has 78 valence electrons. The second kappa shape index (κ2) is 4.50. The molecule has 0 saturated carbocycles. The van der Waals surface area contributed by atoms with Crippen LogP contribution in [0.5, 0.6) is 0 Å². The molecular formula is C8H14N4OS. The zero-order valence-corrected chi connectivity index (χ0v) is 9.26. The summed E-state index contributed by atoms with van der Waals surface area (Å²) in [6, 6.07) is -0.124. The van der Waals surface area contributed by atoms with E-state index in [0.29, 0.717) is 5.69 Å². The third kappa shape index (κ3) is 2.76. The van der Waals surface area contributed by atoms with Crippen LogP contribution in [0.1, 0.15) is 28.5 Å². The predicted octanol–water partition coefficient (Wildman–Crippen LogP) is 0.369. The van der Waals surface area contributed by atoms with Gasteiger partial charge in [0.25, 0.3) is 5.91 Å². The Hall–Kier alpha value is -0.980. The average Bonchev–Trinajstić information content (AvgIpc) is 2.50. The number of hydrazine groups is 1. The normalized spacial score (nSPS) is 12.9. The number of hydrogen-bond acceptors (Lipinski definition) is 5. The van der Waals surface area contributed by atoms with Crippen LogP contribution in [0, 0.1) is 0 Å². The summed E-state index contributed by atoms with van der Waals surface area (Å²) in [7, 11) is 3.49. The minimum absolute atomic E-state index is 0.124. The van der Waals surface area contributed by atoms with Gasteiger partial charge in [-0.25, -0.2) is 9.99 Å². The van der Waals surface area contributed by atoms with Crippen LogP contribution >= 0.6 is 11.3 Å². The van der Waals surface area contributed by atoms with Gasteiger partial charge in [-0.2, -0.15) is 0 Å². The van der Waals surface area contributed by atoms with Crippen molar-refractivity contribution in [2.45, 2.75) is 13.0 Å². The van der Waals surface area contributed by atoms with Crippen LogP contribution in [0.25, 0.3) is 0 Å². The van der Waals surface area contributed by atoms with Crippen molar-refractivity contribution in [2.75, 3.05) is 14.1 Å². The summed E-state index contributed by atoms with van der Waals surface area (Å²) in [6.07, 6.45) is 0. The predicted molar refractivity (Wildman–Crippen MR) is 55.9 cm³/mol.